The molecular weight excluding hydrogens is 364 g/mol. The van der Waals surface area contributed by atoms with E-state index in [2.05, 4.69) is 26.2 Å². The van der Waals surface area contributed by atoms with Crippen molar-refractivity contribution in [1.82, 2.24) is 30.8 Å². The highest BCUT2D eigenvalue weighted by atomic mass is 32.2. The quantitative estimate of drug-likeness (QED) is 0.470. The average molecular weight is 393 g/mol. The van der Waals surface area contributed by atoms with Crippen molar-refractivity contribution in [3.8, 4) is 5.75 Å². The van der Waals surface area contributed by atoms with Gasteiger partial charge in [0.05, 0.1) is 0 Å². The van der Waals surface area contributed by atoms with Crippen molar-refractivity contribution in [2.45, 2.75) is 44.4 Å². The molecule has 0 atom stereocenters. The summed E-state index contributed by atoms with van der Waals surface area (Å²) in [5.74, 6) is 1.53. The van der Waals surface area contributed by atoms with E-state index in [-0.39, 0.29) is 18.1 Å². The third kappa shape index (κ3) is 8.40. The van der Waals surface area contributed by atoms with E-state index < -0.39 is 0 Å². The molecule has 8 nitrogen and oxygen atoms in total. The van der Waals surface area contributed by atoms with Crippen LogP contribution in [0.2, 0.25) is 0 Å². The van der Waals surface area contributed by atoms with E-state index in [0.717, 1.165) is 30.4 Å². The van der Waals surface area contributed by atoms with Crippen molar-refractivity contribution in [2.75, 3.05) is 18.9 Å². The van der Waals surface area contributed by atoms with Crippen LogP contribution in [0.4, 0.5) is 0 Å². The summed E-state index contributed by atoms with van der Waals surface area (Å²) >= 11 is 1.65. The van der Waals surface area contributed by atoms with Crippen LogP contribution in [0.1, 0.15) is 32.8 Å². The summed E-state index contributed by atoms with van der Waals surface area (Å²) in [5.41, 5.74) is 0.922. The highest BCUT2D eigenvalue weighted by Crippen LogP contribution is 2.14. The number of hydrogen-bond donors (Lipinski definition) is 2. The first-order valence-corrected chi connectivity index (χ1v) is 9.91. The van der Waals surface area contributed by atoms with Crippen molar-refractivity contribution in [1.29, 1.82) is 0 Å². The predicted molar refractivity (Wildman–Crippen MR) is 106 cm³/mol. The lowest BCUT2D eigenvalue weighted by Gasteiger charge is -2.20. The second kappa shape index (κ2) is 10.3. The maximum atomic E-state index is 11.8. The number of rotatable bonds is 10. The molecule has 1 amide bonds. The van der Waals surface area contributed by atoms with Crippen molar-refractivity contribution in [3.05, 3.63) is 29.8 Å². The van der Waals surface area contributed by atoms with E-state index >= 15 is 0 Å². The number of nitrogens with one attached hydrogen (secondary N) is 2. The fourth-order valence-electron chi connectivity index (χ4n) is 2.24. The summed E-state index contributed by atoms with van der Waals surface area (Å²) in [6.45, 7) is 7.56. The smallest absolute Gasteiger partial charge is 0.258 e. The Bertz CT molecular complexity index is 711. The molecule has 1 heterocycles. The number of carbonyl (C=O) groups excluding carboxylic acids is 1. The van der Waals surface area contributed by atoms with Gasteiger partial charge in [0.2, 0.25) is 5.16 Å². The van der Waals surface area contributed by atoms with Crippen molar-refractivity contribution in [3.63, 3.8) is 0 Å². The molecule has 0 fully saturated rings. The Morgan fingerprint density at radius 2 is 2.00 bits per heavy atom. The minimum atomic E-state index is -0.250. The molecule has 2 rings (SSSR count). The molecule has 0 aliphatic heterocycles. The maximum absolute atomic E-state index is 11.8. The molecule has 0 unspecified atom stereocenters. The van der Waals surface area contributed by atoms with Gasteiger partial charge in [-0.2, -0.15) is 0 Å². The molecule has 0 saturated carbocycles. The van der Waals surface area contributed by atoms with Crippen LogP contribution >= 0.6 is 11.8 Å². The van der Waals surface area contributed by atoms with Crippen LogP contribution in [0.25, 0.3) is 0 Å². The van der Waals surface area contributed by atoms with Gasteiger partial charge in [-0.05, 0) is 61.9 Å². The Balaban J connectivity index is 1.60. The van der Waals surface area contributed by atoms with E-state index in [9.17, 15) is 4.79 Å². The fraction of sp³-hybridized carbons (Fsp3) is 0.556. The molecule has 0 bridgehead atoms. The zero-order chi connectivity index (χ0) is 19.7. The molecule has 2 N–H and O–H groups in total. The second-order valence-corrected chi connectivity index (χ2v) is 8.26. The molecule has 1 aromatic heterocycles. The van der Waals surface area contributed by atoms with E-state index in [0.29, 0.717) is 5.75 Å². The number of carbonyl (C=O) groups is 1. The normalized spacial score (nSPS) is 11.4. The highest BCUT2D eigenvalue weighted by Gasteiger charge is 2.13. The number of tetrazole rings is 1. The summed E-state index contributed by atoms with van der Waals surface area (Å²) in [5, 5.41) is 18.5. The summed E-state index contributed by atoms with van der Waals surface area (Å²) in [6.07, 6.45) is 1.03. The molecule has 1 aromatic carbocycles. The number of nitrogens with zero attached hydrogens (tertiary/aromatic N) is 4. The number of hydrogen-bond acceptors (Lipinski definition) is 7. The molecule has 27 heavy (non-hydrogen) atoms. The standard InChI is InChI=1S/C18H28N6O2S/c1-18(2,3)20-16(25)13-26-15-8-6-14(7-9-15)12-19-10-5-11-27-17-21-22-23-24(17)4/h6-9,19H,5,10-13H2,1-4H3,(H,20,25). The van der Waals surface area contributed by atoms with Gasteiger partial charge in [0, 0.05) is 24.9 Å². The topological polar surface area (TPSA) is 94.0 Å². The van der Waals surface area contributed by atoms with Crippen LogP contribution in [0.15, 0.2) is 29.4 Å². The summed E-state index contributed by atoms with van der Waals surface area (Å²) in [7, 11) is 1.84. The number of benzene rings is 1. The van der Waals surface area contributed by atoms with Crippen LogP contribution in [0.3, 0.4) is 0 Å². The minimum Gasteiger partial charge on any atom is -0.484 e. The average Bonchev–Trinajstić information content (AvgIpc) is 3.01. The summed E-state index contributed by atoms with van der Waals surface area (Å²) in [6, 6.07) is 7.78. The Labute approximate surface area is 164 Å². The predicted octanol–water partition coefficient (Wildman–Crippen LogP) is 1.78. The summed E-state index contributed by atoms with van der Waals surface area (Å²) in [4.78, 5) is 11.8. The van der Waals surface area contributed by atoms with Crippen LogP contribution in [-0.4, -0.2) is 50.6 Å². The van der Waals surface area contributed by atoms with Crippen LogP contribution in [0.5, 0.6) is 5.75 Å². The van der Waals surface area contributed by atoms with Crippen LogP contribution in [0, 0.1) is 0 Å². The zero-order valence-corrected chi connectivity index (χ0v) is 17.2. The third-order valence-electron chi connectivity index (χ3n) is 3.45. The second-order valence-electron chi connectivity index (χ2n) is 7.19. The summed E-state index contributed by atoms with van der Waals surface area (Å²) < 4.78 is 7.19. The number of amides is 1. The molecule has 0 aliphatic rings. The molecule has 0 saturated heterocycles. The van der Waals surface area contributed by atoms with E-state index in [1.807, 2.05) is 52.1 Å². The van der Waals surface area contributed by atoms with Gasteiger partial charge in [0.1, 0.15) is 5.75 Å². The SMILES string of the molecule is Cn1nnnc1SCCCNCc1ccc(OCC(=O)NC(C)(C)C)cc1. The van der Waals surface area contributed by atoms with Gasteiger partial charge in [-0.25, -0.2) is 4.68 Å². The van der Waals surface area contributed by atoms with Gasteiger partial charge < -0.3 is 15.4 Å². The molecule has 0 spiro atoms. The van der Waals surface area contributed by atoms with E-state index in [4.69, 9.17) is 4.74 Å². The molecular formula is C18H28N6O2S. The number of ether oxygens (including phenoxy) is 1. The lowest BCUT2D eigenvalue weighted by atomic mass is 10.1. The molecule has 0 aliphatic carbocycles. The Hall–Kier alpha value is -2.13. The van der Waals surface area contributed by atoms with Gasteiger partial charge in [0.25, 0.3) is 5.91 Å². The lowest BCUT2D eigenvalue weighted by Crippen LogP contribution is -2.43. The largest absolute Gasteiger partial charge is 0.484 e. The molecule has 9 heteroatoms. The van der Waals surface area contributed by atoms with E-state index in [1.165, 1.54) is 5.56 Å². The van der Waals surface area contributed by atoms with Gasteiger partial charge in [0.15, 0.2) is 6.61 Å². The monoisotopic (exact) mass is 392 g/mol. The fourth-order valence-corrected chi connectivity index (χ4v) is 3.03. The van der Waals surface area contributed by atoms with Crippen LogP contribution < -0.4 is 15.4 Å². The van der Waals surface area contributed by atoms with Gasteiger partial charge in [-0.1, -0.05) is 23.9 Å². The van der Waals surface area contributed by atoms with Crippen molar-refractivity contribution < 1.29 is 9.53 Å². The Morgan fingerprint density at radius 3 is 2.63 bits per heavy atom. The molecule has 2 aromatic rings. The maximum Gasteiger partial charge on any atom is 0.258 e. The minimum absolute atomic E-state index is 0.0214. The van der Waals surface area contributed by atoms with Gasteiger partial charge >= 0.3 is 0 Å². The lowest BCUT2D eigenvalue weighted by molar-refractivity contribution is -0.124. The number of aromatic nitrogens is 4. The first-order valence-electron chi connectivity index (χ1n) is 8.92. The first-order chi connectivity index (χ1) is 12.8. The Morgan fingerprint density at radius 1 is 1.26 bits per heavy atom. The van der Waals surface area contributed by atoms with Gasteiger partial charge in [-0.3, -0.25) is 4.79 Å². The van der Waals surface area contributed by atoms with Crippen molar-refractivity contribution >= 4 is 17.7 Å². The molecule has 0 radical (unpaired) electrons. The van der Waals surface area contributed by atoms with Crippen LogP contribution in [-0.2, 0) is 18.4 Å². The molecule has 148 valence electrons. The highest BCUT2D eigenvalue weighted by molar-refractivity contribution is 7.99. The zero-order valence-electron chi connectivity index (χ0n) is 16.4. The van der Waals surface area contributed by atoms with E-state index in [1.54, 1.807) is 16.4 Å². The number of thioether (sulfide) groups is 1. The van der Waals surface area contributed by atoms with Crippen molar-refractivity contribution in [2.24, 2.45) is 7.05 Å². The third-order valence-corrected chi connectivity index (χ3v) is 4.54. The van der Waals surface area contributed by atoms with Gasteiger partial charge in [-0.15, -0.1) is 5.10 Å². The number of aryl methyl sites for hydroxylation is 1. The first kappa shape index (κ1) is 21.2. The Kier molecular flexibility index (Phi) is 8.05.